The lowest BCUT2D eigenvalue weighted by Crippen LogP contribution is -2.11. The van der Waals surface area contributed by atoms with Crippen LogP contribution in [0.1, 0.15) is 19.4 Å². The summed E-state index contributed by atoms with van der Waals surface area (Å²) in [7, 11) is 1.92. The lowest BCUT2D eigenvalue weighted by atomic mass is 10.2. The minimum Gasteiger partial charge on any atom is -0.490 e. The van der Waals surface area contributed by atoms with Crippen molar-refractivity contribution in [1.82, 2.24) is 5.32 Å². The molecule has 1 aromatic rings. The Morgan fingerprint density at radius 3 is 2.78 bits per heavy atom. The van der Waals surface area contributed by atoms with E-state index in [-0.39, 0.29) is 6.10 Å². The molecule has 18 heavy (non-hydrogen) atoms. The lowest BCUT2D eigenvalue weighted by Gasteiger charge is -2.17. The minimum atomic E-state index is -0.0596. The van der Waals surface area contributed by atoms with Crippen molar-refractivity contribution >= 4 is 15.9 Å². The lowest BCUT2D eigenvalue weighted by molar-refractivity contribution is 0.243. The molecule has 0 aliphatic heterocycles. The highest BCUT2D eigenvalue weighted by Gasteiger charge is 2.13. The van der Waals surface area contributed by atoms with E-state index in [2.05, 4.69) is 27.8 Å². The number of nitrogens with one attached hydrogen (secondary N) is 1. The Kier molecular flexibility index (Phi) is 6.22. The Morgan fingerprint density at radius 2 is 2.22 bits per heavy atom. The Bertz CT molecular complexity index is 407. The van der Waals surface area contributed by atoms with E-state index in [0.717, 1.165) is 28.1 Å². The molecule has 4 heteroatoms. The Balaban J connectivity index is 3.09. The molecule has 1 aromatic carbocycles. The van der Waals surface area contributed by atoms with Crippen LogP contribution in [-0.4, -0.2) is 19.8 Å². The number of hydrogen-bond donors (Lipinski definition) is 1. The number of ether oxygens (including phenoxy) is 2. The van der Waals surface area contributed by atoms with E-state index in [1.165, 1.54) is 0 Å². The maximum Gasteiger partial charge on any atom is 0.176 e. The molecule has 1 atom stereocenters. The average molecular weight is 314 g/mol. The summed E-state index contributed by atoms with van der Waals surface area (Å²) in [5.41, 5.74) is 1.14. The molecule has 0 saturated heterocycles. The Hall–Kier alpha value is -1.00. The third kappa shape index (κ3) is 4.03. The molecule has 0 radical (unpaired) electrons. The van der Waals surface area contributed by atoms with Crippen molar-refractivity contribution in [1.29, 1.82) is 0 Å². The largest absolute Gasteiger partial charge is 0.490 e. The molecule has 1 N–H and O–H groups in total. The molecule has 0 saturated carbocycles. The van der Waals surface area contributed by atoms with E-state index in [1.54, 1.807) is 6.08 Å². The van der Waals surface area contributed by atoms with Gasteiger partial charge in [-0.25, -0.2) is 0 Å². The molecule has 3 nitrogen and oxygen atoms in total. The summed E-state index contributed by atoms with van der Waals surface area (Å²) in [4.78, 5) is 0. The predicted molar refractivity (Wildman–Crippen MR) is 78.4 cm³/mol. The van der Waals surface area contributed by atoms with Gasteiger partial charge in [-0.3, -0.25) is 0 Å². The highest BCUT2D eigenvalue weighted by Crippen LogP contribution is 2.37. The monoisotopic (exact) mass is 313 g/mol. The molecular formula is C14H20BrNO2. The third-order valence-electron chi connectivity index (χ3n) is 2.39. The van der Waals surface area contributed by atoms with Crippen molar-refractivity contribution in [3.63, 3.8) is 0 Å². The fourth-order valence-electron chi connectivity index (χ4n) is 1.54. The van der Waals surface area contributed by atoms with Crippen molar-refractivity contribution in [2.45, 2.75) is 26.5 Å². The van der Waals surface area contributed by atoms with Crippen LogP contribution in [0.2, 0.25) is 0 Å². The first-order chi connectivity index (χ1) is 8.62. The van der Waals surface area contributed by atoms with Gasteiger partial charge in [0.2, 0.25) is 0 Å². The van der Waals surface area contributed by atoms with E-state index in [4.69, 9.17) is 9.47 Å². The van der Waals surface area contributed by atoms with Gasteiger partial charge in [0.25, 0.3) is 0 Å². The summed E-state index contributed by atoms with van der Waals surface area (Å²) in [6.07, 6.45) is 1.69. The summed E-state index contributed by atoms with van der Waals surface area (Å²) in [6.45, 7) is 9.01. The summed E-state index contributed by atoms with van der Waals surface area (Å²) in [5.74, 6) is 1.48. The number of hydrogen-bond acceptors (Lipinski definition) is 3. The van der Waals surface area contributed by atoms with Crippen LogP contribution in [0.5, 0.6) is 11.5 Å². The molecule has 0 heterocycles. The average Bonchev–Trinajstić information content (AvgIpc) is 2.34. The summed E-state index contributed by atoms with van der Waals surface area (Å²) in [5, 5.41) is 3.12. The first-order valence-corrected chi connectivity index (χ1v) is 6.80. The second kappa shape index (κ2) is 7.44. The van der Waals surface area contributed by atoms with Crippen LogP contribution in [0.4, 0.5) is 0 Å². The van der Waals surface area contributed by atoms with Crippen molar-refractivity contribution in [2.24, 2.45) is 0 Å². The Labute approximate surface area is 117 Å². The molecule has 0 fully saturated rings. The van der Waals surface area contributed by atoms with Crippen LogP contribution in [-0.2, 0) is 6.54 Å². The van der Waals surface area contributed by atoms with Gasteiger partial charge in [-0.2, -0.15) is 0 Å². The van der Waals surface area contributed by atoms with Crippen LogP contribution in [0.25, 0.3) is 0 Å². The zero-order valence-electron chi connectivity index (χ0n) is 11.1. The van der Waals surface area contributed by atoms with Gasteiger partial charge in [0.05, 0.1) is 11.1 Å². The van der Waals surface area contributed by atoms with E-state index in [1.807, 2.05) is 33.0 Å². The normalized spacial score (nSPS) is 12.0. The smallest absolute Gasteiger partial charge is 0.176 e. The zero-order valence-corrected chi connectivity index (χ0v) is 12.7. The molecule has 0 spiro atoms. The topological polar surface area (TPSA) is 30.5 Å². The summed E-state index contributed by atoms with van der Waals surface area (Å²) in [6, 6.07) is 4.03. The van der Waals surface area contributed by atoms with Gasteiger partial charge in [-0.15, -0.1) is 0 Å². The van der Waals surface area contributed by atoms with Crippen molar-refractivity contribution < 1.29 is 9.47 Å². The van der Waals surface area contributed by atoms with Crippen LogP contribution < -0.4 is 14.8 Å². The van der Waals surface area contributed by atoms with Crippen LogP contribution >= 0.6 is 15.9 Å². The molecular weight excluding hydrogens is 294 g/mol. The first-order valence-electron chi connectivity index (χ1n) is 6.01. The van der Waals surface area contributed by atoms with Gasteiger partial charge < -0.3 is 14.8 Å². The van der Waals surface area contributed by atoms with E-state index in [0.29, 0.717) is 6.61 Å². The van der Waals surface area contributed by atoms with E-state index >= 15 is 0 Å². The molecule has 1 rings (SSSR count). The van der Waals surface area contributed by atoms with E-state index < -0.39 is 0 Å². The molecule has 0 amide bonds. The predicted octanol–water partition coefficient (Wildman–Crippen LogP) is 3.52. The fraction of sp³-hybridized carbons (Fsp3) is 0.429. The van der Waals surface area contributed by atoms with Gasteiger partial charge in [-0.1, -0.05) is 12.7 Å². The number of benzene rings is 1. The SMILES string of the molecule is C=CC(C)Oc1c(Br)cc(CNC)cc1OCC. The van der Waals surface area contributed by atoms with Gasteiger partial charge in [0.15, 0.2) is 11.5 Å². The maximum absolute atomic E-state index is 5.80. The van der Waals surface area contributed by atoms with Crippen molar-refractivity contribution in [3.8, 4) is 11.5 Å². The molecule has 100 valence electrons. The summed E-state index contributed by atoms with van der Waals surface area (Å²) >= 11 is 3.53. The Morgan fingerprint density at radius 1 is 1.50 bits per heavy atom. The first kappa shape index (κ1) is 15.1. The quantitative estimate of drug-likeness (QED) is 0.781. The van der Waals surface area contributed by atoms with Crippen LogP contribution in [0.3, 0.4) is 0 Å². The highest BCUT2D eigenvalue weighted by atomic mass is 79.9. The van der Waals surface area contributed by atoms with Crippen LogP contribution in [0.15, 0.2) is 29.3 Å². The standard InChI is InChI=1S/C14H20BrNO2/c1-5-10(3)18-14-12(15)7-11(9-16-4)8-13(14)17-6-2/h5,7-8,10,16H,1,6,9H2,2-4H3. The zero-order chi connectivity index (χ0) is 13.5. The number of rotatable bonds is 7. The number of halogens is 1. The van der Waals surface area contributed by atoms with Crippen molar-refractivity contribution in [2.75, 3.05) is 13.7 Å². The maximum atomic E-state index is 5.80. The highest BCUT2D eigenvalue weighted by molar-refractivity contribution is 9.10. The fourth-order valence-corrected chi connectivity index (χ4v) is 2.12. The third-order valence-corrected chi connectivity index (χ3v) is 2.97. The second-order valence-corrected chi connectivity index (χ2v) is 4.78. The molecule has 0 aromatic heterocycles. The molecule has 0 aliphatic rings. The molecule has 0 bridgehead atoms. The molecule has 1 unspecified atom stereocenters. The minimum absolute atomic E-state index is 0.0596. The summed E-state index contributed by atoms with van der Waals surface area (Å²) < 4.78 is 12.3. The van der Waals surface area contributed by atoms with Gasteiger partial charge >= 0.3 is 0 Å². The molecule has 0 aliphatic carbocycles. The van der Waals surface area contributed by atoms with Crippen molar-refractivity contribution in [3.05, 3.63) is 34.8 Å². The van der Waals surface area contributed by atoms with Gasteiger partial charge in [-0.05, 0) is 54.5 Å². The second-order valence-electron chi connectivity index (χ2n) is 3.93. The van der Waals surface area contributed by atoms with Gasteiger partial charge in [0, 0.05) is 6.54 Å². The van der Waals surface area contributed by atoms with Gasteiger partial charge in [0.1, 0.15) is 6.10 Å². The van der Waals surface area contributed by atoms with E-state index in [9.17, 15) is 0 Å². The van der Waals surface area contributed by atoms with Crippen LogP contribution in [0, 0.1) is 0 Å².